The molecule has 0 amide bonds. The van der Waals surface area contributed by atoms with E-state index in [0.717, 1.165) is 5.56 Å². The van der Waals surface area contributed by atoms with Crippen LogP contribution in [0, 0.1) is 6.92 Å². The highest BCUT2D eigenvalue weighted by atomic mass is 32.2. The van der Waals surface area contributed by atoms with Crippen LogP contribution in [0.5, 0.6) is 0 Å². The number of sulfonamides is 1. The second-order valence-electron chi connectivity index (χ2n) is 5.32. The first kappa shape index (κ1) is 14.5. The molecule has 0 radical (unpaired) electrons. The lowest BCUT2D eigenvalue weighted by atomic mass is 10.0. The van der Waals surface area contributed by atoms with Gasteiger partial charge in [-0.3, -0.25) is 0 Å². The fourth-order valence-electron chi connectivity index (χ4n) is 2.19. The molecule has 1 fully saturated rings. The van der Waals surface area contributed by atoms with Gasteiger partial charge in [0.25, 0.3) is 0 Å². The maximum atomic E-state index is 12.2. The molecular formula is C12H17NO4S2. The van der Waals surface area contributed by atoms with Gasteiger partial charge in [-0.25, -0.2) is 21.6 Å². The topological polar surface area (TPSA) is 80.3 Å². The van der Waals surface area contributed by atoms with Crippen molar-refractivity contribution >= 4 is 19.9 Å². The molecule has 0 saturated carbocycles. The SMILES string of the molecule is Cc1ccc(S(=O)(=O)NC2(C)CCS(=O)(=O)C2)cc1. The van der Waals surface area contributed by atoms with Crippen molar-refractivity contribution in [1.29, 1.82) is 0 Å². The lowest BCUT2D eigenvalue weighted by molar-refractivity contribution is 0.462. The highest BCUT2D eigenvalue weighted by molar-refractivity contribution is 7.92. The number of hydrogen-bond donors (Lipinski definition) is 1. The van der Waals surface area contributed by atoms with Crippen LogP contribution in [0.15, 0.2) is 29.2 Å². The van der Waals surface area contributed by atoms with Crippen LogP contribution < -0.4 is 4.72 Å². The molecule has 0 aromatic heterocycles. The molecule has 1 N–H and O–H groups in total. The zero-order chi connectivity index (χ0) is 14.3. The quantitative estimate of drug-likeness (QED) is 0.897. The molecule has 1 aliphatic rings. The number of benzene rings is 1. The van der Waals surface area contributed by atoms with Gasteiger partial charge in [0.2, 0.25) is 10.0 Å². The number of hydrogen-bond acceptors (Lipinski definition) is 4. The first-order chi connectivity index (χ1) is 8.62. The third kappa shape index (κ3) is 3.34. The number of rotatable bonds is 3. The van der Waals surface area contributed by atoms with Gasteiger partial charge in [-0.2, -0.15) is 0 Å². The van der Waals surface area contributed by atoms with Crippen molar-refractivity contribution in [3.63, 3.8) is 0 Å². The van der Waals surface area contributed by atoms with Crippen LogP contribution in [0.2, 0.25) is 0 Å². The van der Waals surface area contributed by atoms with Crippen LogP contribution in [0.4, 0.5) is 0 Å². The van der Waals surface area contributed by atoms with Crippen molar-refractivity contribution in [3.05, 3.63) is 29.8 Å². The van der Waals surface area contributed by atoms with Gasteiger partial charge in [0.1, 0.15) is 0 Å². The van der Waals surface area contributed by atoms with E-state index in [0.29, 0.717) is 6.42 Å². The second-order valence-corrected chi connectivity index (χ2v) is 9.19. The highest BCUT2D eigenvalue weighted by Crippen LogP contribution is 2.25. The first-order valence-corrected chi connectivity index (χ1v) is 9.24. The van der Waals surface area contributed by atoms with Crippen molar-refractivity contribution in [1.82, 2.24) is 4.72 Å². The Hall–Kier alpha value is -0.920. The van der Waals surface area contributed by atoms with E-state index in [1.54, 1.807) is 19.1 Å². The van der Waals surface area contributed by atoms with Crippen LogP contribution in [-0.2, 0) is 19.9 Å². The largest absolute Gasteiger partial charge is 0.241 e. The Bertz CT molecular complexity index is 677. The van der Waals surface area contributed by atoms with Crippen LogP contribution in [-0.4, -0.2) is 33.9 Å². The molecule has 5 nitrogen and oxygen atoms in total. The minimum Gasteiger partial charge on any atom is -0.229 e. The molecule has 0 aliphatic carbocycles. The molecule has 0 bridgehead atoms. The Morgan fingerprint density at radius 2 is 1.79 bits per heavy atom. The smallest absolute Gasteiger partial charge is 0.229 e. The van der Waals surface area contributed by atoms with Crippen molar-refractivity contribution in [2.45, 2.75) is 30.7 Å². The summed E-state index contributed by atoms with van der Waals surface area (Å²) < 4.78 is 49.9. The van der Waals surface area contributed by atoms with Gasteiger partial charge < -0.3 is 0 Å². The first-order valence-electron chi connectivity index (χ1n) is 5.93. The molecule has 1 aliphatic heterocycles. The van der Waals surface area contributed by atoms with Gasteiger partial charge in [-0.05, 0) is 32.4 Å². The van der Waals surface area contributed by atoms with E-state index in [1.165, 1.54) is 12.1 Å². The molecule has 2 rings (SSSR count). The summed E-state index contributed by atoms with van der Waals surface area (Å²) in [5, 5.41) is 0. The molecule has 1 aromatic carbocycles. The molecular weight excluding hydrogens is 286 g/mol. The third-order valence-electron chi connectivity index (χ3n) is 3.22. The van der Waals surface area contributed by atoms with E-state index in [1.807, 2.05) is 6.92 Å². The zero-order valence-electron chi connectivity index (χ0n) is 10.9. The lowest BCUT2D eigenvalue weighted by Gasteiger charge is -2.23. The maximum absolute atomic E-state index is 12.2. The number of aryl methyl sites for hydroxylation is 1. The van der Waals surface area contributed by atoms with Crippen molar-refractivity contribution in [2.75, 3.05) is 11.5 Å². The normalized spacial score (nSPS) is 26.4. The summed E-state index contributed by atoms with van der Waals surface area (Å²) in [6, 6.07) is 6.46. The van der Waals surface area contributed by atoms with E-state index in [4.69, 9.17) is 0 Å². The molecule has 0 spiro atoms. The second kappa shape index (κ2) is 4.57. The molecule has 106 valence electrons. The summed E-state index contributed by atoms with van der Waals surface area (Å²) in [6.07, 6.45) is 0.306. The Morgan fingerprint density at radius 1 is 1.21 bits per heavy atom. The van der Waals surface area contributed by atoms with Gasteiger partial charge in [0, 0.05) is 5.54 Å². The summed E-state index contributed by atoms with van der Waals surface area (Å²) in [6.45, 7) is 3.50. The molecule has 1 saturated heterocycles. The monoisotopic (exact) mass is 303 g/mol. The van der Waals surface area contributed by atoms with Crippen LogP contribution in [0.1, 0.15) is 18.9 Å². The van der Waals surface area contributed by atoms with Gasteiger partial charge in [-0.1, -0.05) is 17.7 Å². The predicted octanol–water partition coefficient (Wildman–Crippen LogP) is 0.851. The molecule has 1 aromatic rings. The number of nitrogens with one attached hydrogen (secondary N) is 1. The van der Waals surface area contributed by atoms with E-state index in [2.05, 4.69) is 4.72 Å². The Morgan fingerprint density at radius 3 is 2.26 bits per heavy atom. The van der Waals surface area contributed by atoms with Gasteiger partial charge >= 0.3 is 0 Å². The summed E-state index contributed by atoms with van der Waals surface area (Å²) in [4.78, 5) is 0.156. The van der Waals surface area contributed by atoms with E-state index in [9.17, 15) is 16.8 Å². The summed E-state index contributed by atoms with van der Waals surface area (Å²) >= 11 is 0. The Kier molecular flexibility index (Phi) is 3.49. The molecule has 7 heteroatoms. The average molecular weight is 303 g/mol. The van der Waals surface area contributed by atoms with Gasteiger partial charge in [-0.15, -0.1) is 0 Å². The summed E-state index contributed by atoms with van der Waals surface area (Å²) in [7, 11) is -6.83. The standard InChI is InChI=1S/C12H17NO4S2/c1-10-3-5-11(6-4-10)19(16,17)13-12(2)7-8-18(14,15)9-12/h3-6,13H,7-9H2,1-2H3. The average Bonchev–Trinajstić information content (AvgIpc) is 2.52. The Balaban J connectivity index is 2.25. The molecule has 1 heterocycles. The molecule has 19 heavy (non-hydrogen) atoms. The maximum Gasteiger partial charge on any atom is 0.241 e. The number of sulfone groups is 1. The van der Waals surface area contributed by atoms with Crippen molar-refractivity contribution in [2.24, 2.45) is 0 Å². The minimum absolute atomic E-state index is 0.0277. The van der Waals surface area contributed by atoms with Crippen molar-refractivity contribution in [3.8, 4) is 0 Å². The van der Waals surface area contributed by atoms with E-state index >= 15 is 0 Å². The predicted molar refractivity (Wildman–Crippen MR) is 73.2 cm³/mol. The fourth-order valence-corrected chi connectivity index (χ4v) is 5.81. The lowest BCUT2D eigenvalue weighted by Crippen LogP contribution is -2.46. The van der Waals surface area contributed by atoms with E-state index < -0.39 is 25.4 Å². The van der Waals surface area contributed by atoms with Gasteiger partial charge in [0.05, 0.1) is 16.4 Å². The Labute approximate surface area is 114 Å². The van der Waals surface area contributed by atoms with Crippen LogP contribution in [0.3, 0.4) is 0 Å². The molecule has 1 atom stereocenters. The highest BCUT2D eigenvalue weighted by Gasteiger charge is 2.41. The van der Waals surface area contributed by atoms with Crippen molar-refractivity contribution < 1.29 is 16.8 Å². The summed E-state index contributed by atoms with van der Waals surface area (Å²) in [5.41, 5.74) is 0.0522. The van der Waals surface area contributed by atoms with Crippen LogP contribution >= 0.6 is 0 Å². The third-order valence-corrected chi connectivity index (χ3v) is 6.77. The summed E-state index contributed by atoms with van der Waals surface area (Å²) in [5.74, 6) is -0.120. The van der Waals surface area contributed by atoms with Gasteiger partial charge in [0.15, 0.2) is 9.84 Å². The fraction of sp³-hybridized carbons (Fsp3) is 0.500. The van der Waals surface area contributed by atoms with E-state index in [-0.39, 0.29) is 16.4 Å². The zero-order valence-corrected chi connectivity index (χ0v) is 12.5. The minimum atomic E-state index is -3.68. The van der Waals surface area contributed by atoms with Crippen LogP contribution in [0.25, 0.3) is 0 Å². The molecule has 1 unspecified atom stereocenters.